The molecule has 2 heterocycles. The average Bonchev–Trinajstić information content (AvgIpc) is 2.80. The fourth-order valence-electron chi connectivity index (χ4n) is 2.35. The van der Waals surface area contributed by atoms with Crippen LogP contribution in [0.25, 0.3) is 11.1 Å². The maximum absolute atomic E-state index is 9.48. The van der Waals surface area contributed by atoms with Crippen molar-refractivity contribution in [2.75, 3.05) is 5.32 Å². The van der Waals surface area contributed by atoms with Crippen LogP contribution in [-0.4, -0.2) is 27.2 Å². The highest BCUT2D eigenvalue weighted by molar-refractivity contribution is 6.28. The Morgan fingerprint density at radius 3 is 2.83 bits per heavy atom. The van der Waals surface area contributed by atoms with E-state index in [1.54, 1.807) is 12.3 Å². The van der Waals surface area contributed by atoms with Gasteiger partial charge in [-0.2, -0.15) is 4.98 Å². The first-order valence-electron chi connectivity index (χ1n) is 6.08. The van der Waals surface area contributed by atoms with Crippen LogP contribution in [0, 0.1) is 0 Å². The molecule has 1 saturated carbocycles. The Kier molecular flexibility index (Phi) is 3.09. The molecule has 0 unspecified atom stereocenters. The summed E-state index contributed by atoms with van der Waals surface area (Å²) in [6.45, 7) is 0. The van der Waals surface area contributed by atoms with Crippen LogP contribution >= 0.6 is 11.6 Å². The molecule has 18 heavy (non-hydrogen) atoms. The van der Waals surface area contributed by atoms with Gasteiger partial charge in [-0.05, 0) is 37.3 Å². The molecular weight excluding hydrogens is 254 g/mol. The lowest BCUT2D eigenvalue weighted by molar-refractivity contribution is 0.126. The lowest BCUT2D eigenvalue weighted by Crippen LogP contribution is -2.28. The second-order valence-electron chi connectivity index (χ2n) is 4.63. The van der Waals surface area contributed by atoms with E-state index in [2.05, 4.69) is 15.3 Å². The fraction of sp³-hybridized carbons (Fsp3) is 0.500. The minimum atomic E-state index is -0.166. The van der Waals surface area contributed by atoms with Crippen molar-refractivity contribution in [3.05, 3.63) is 17.6 Å². The van der Waals surface area contributed by atoms with E-state index < -0.39 is 0 Å². The van der Waals surface area contributed by atoms with Gasteiger partial charge >= 0.3 is 0 Å². The second kappa shape index (κ2) is 4.74. The molecule has 0 aromatic carbocycles. The van der Waals surface area contributed by atoms with Crippen LogP contribution in [0.4, 0.5) is 5.82 Å². The van der Waals surface area contributed by atoms with E-state index in [4.69, 9.17) is 16.0 Å². The zero-order chi connectivity index (χ0) is 12.5. The van der Waals surface area contributed by atoms with Gasteiger partial charge in [-0.15, -0.1) is 0 Å². The van der Waals surface area contributed by atoms with E-state index in [1.165, 1.54) is 0 Å². The third-order valence-corrected chi connectivity index (χ3v) is 3.48. The Morgan fingerprint density at radius 2 is 2.06 bits per heavy atom. The maximum atomic E-state index is 9.48. The quantitative estimate of drug-likeness (QED) is 0.819. The van der Waals surface area contributed by atoms with Gasteiger partial charge in [-0.25, -0.2) is 4.98 Å². The highest BCUT2D eigenvalue weighted by Crippen LogP contribution is 2.27. The monoisotopic (exact) mass is 267 g/mol. The first-order chi connectivity index (χ1) is 8.72. The van der Waals surface area contributed by atoms with Gasteiger partial charge in [-0.1, -0.05) is 0 Å². The smallest absolute Gasteiger partial charge is 0.225 e. The zero-order valence-electron chi connectivity index (χ0n) is 9.77. The van der Waals surface area contributed by atoms with Crippen molar-refractivity contribution < 1.29 is 9.52 Å². The van der Waals surface area contributed by atoms with Crippen molar-refractivity contribution >= 4 is 28.5 Å². The van der Waals surface area contributed by atoms with Crippen molar-refractivity contribution in [3.63, 3.8) is 0 Å². The molecule has 1 aliphatic carbocycles. The minimum Gasteiger partial charge on any atom is -0.459 e. The van der Waals surface area contributed by atoms with Crippen molar-refractivity contribution in [3.8, 4) is 0 Å². The van der Waals surface area contributed by atoms with Gasteiger partial charge in [0.15, 0.2) is 11.4 Å². The molecular formula is C12H14ClN3O2. The Labute approximate surface area is 109 Å². The van der Waals surface area contributed by atoms with Crippen LogP contribution in [0.3, 0.4) is 0 Å². The lowest BCUT2D eigenvalue weighted by atomic mass is 9.93. The number of nitrogens with zero attached hydrogens (tertiary/aromatic N) is 2. The summed E-state index contributed by atoms with van der Waals surface area (Å²) in [6.07, 6.45) is 4.89. The third kappa shape index (κ3) is 2.28. The standard InChI is InChI=1S/C12H14ClN3O2/c13-12-15-9-5-6-18-10(9)11(16-12)14-7-1-3-8(17)4-2-7/h5-8,17H,1-4H2,(H,14,15,16). The number of furan rings is 1. The van der Waals surface area contributed by atoms with Crippen LogP contribution in [0.5, 0.6) is 0 Å². The van der Waals surface area contributed by atoms with Crippen molar-refractivity contribution in [2.45, 2.75) is 37.8 Å². The van der Waals surface area contributed by atoms with Crippen LogP contribution in [0.2, 0.25) is 5.28 Å². The summed E-state index contributed by atoms with van der Waals surface area (Å²) in [4.78, 5) is 8.26. The molecule has 2 aromatic rings. The molecule has 3 rings (SSSR count). The molecule has 0 aliphatic heterocycles. The largest absolute Gasteiger partial charge is 0.459 e. The summed E-state index contributed by atoms with van der Waals surface area (Å²) < 4.78 is 5.37. The predicted molar refractivity (Wildman–Crippen MR) is 68.7 cm³/mol. The molecule has 0 bridgehead atoms. The van der Waals surface area contributed by atoms with Gasteiger partial charge in [0.25, 0.3) is 0 Å². The first kappa shape index (κ1) is 11.7. The van der Waals surface area contributed by atoms with Crippen molar-refractivity contribution in [1.29, 1.82) is 0 Å². The Morgan fingerprint density at radius 1 is 1.28 bits per heavy atom. The molecule has 5 nitrogen and oxygen atoms in total. The van der Waals surface area contributed by atoms with E-state index in [0.29, 0.717) is 23.0 Å². The molecule has 0 amide bonds. The molecule has 1 aliphatic rings. The zero-order valence-corrected chi connectivity index (χ0v) is 10.5. The lowest BCUT2D eigenvalue weighted by Gasteiger charge is -2.26. The normalized spacial score (nSPS) is 24.3. The molecule has 0 spiro atoms. The van der Waals surface area contributed by atoms with Crippen LogP contribution in [0.1, 0.15) is 25.7 Å². The van der Waals surface area contributed by atoms with Crippen LogP contribution < -0.4 is 5.32 Å². The van der Waals surface area contributed by atoms with Gasteiger partial charge in [0.2, 0.25) is 5.28 Å². The van der Waals surface area contributed by atoms with E-state index in [1.807, 2.05) is 0 Å². The number of aromatic nitrogens is 2. The van der Waals surface area contributed by atoms with Crippen molar-refractivity contribution in [2.24, 2.45) is 0 Å². The number of fused-ring (bicyclic) bond motifs is 1. The number of hydrogen-bond acceptors (Lipinski definition) is 5. The molecule has 2 aromatic heterocycles. The number of rotatable bonds is 2. The highest BCUT2D eigenvalue weighted by atomic mass is 35.5. The van der Waals surface area contributed by atoms with E-state index in [9.17, 15) is 5.11 Å². The number of halogens is 1. The molecule has 96 valence electrons. The van der Waals surface area contributed by atoms with Crippen molar-refractivity contribution in [1.82, 2.24) is 9.97 Å². The SMILES string of the molecule is OC1CCC(Nc2nc(Cl)nc3ccoc23)CC1. The predicted octanol–water partition coefficient (Wildman–Crippen LogP) is 2.59. The molecule has 0 atom stereocenters. The highest BCUT2D eigenvalue weighted by Gasteiger charge is 2.21. The third-order valence-electron chi connectivity index (χ3n) is 3.31. The summed E-state index contributed by atoms with van der Waals surface area (Å²) in [5, 5.41) is 13.0. The van der Waals surface area contributed by atoms with Gasteiger partial charge in [-0.3, -0.25) is 0 Å². The Hall–Kier alpha value is -1.33. The Balaban J connectivity index is 1.83. The Bertz CT molecular complexity index is 549. The minimum absolute atomic E-state index is 0.166. The summed E-state index contributed by atoms with van der Waals surface area (Å²) in [5.74, 6) is 0.636. The van der Waals surface area contributed by atoms with E-state index in [-0.39, 0.29) is 11.4 Å². The fourth-order valence-corrected chi connectivity index (χ4v) is 2.52. The first-order valence-corrected chi connectivity index (χ1v) is 6.45. The topological polar surface area (TPSA) is 71.2 Å². The summed E-state index contributed by atoms with van der Waals surface area (Å²) >= 11 is 5.88. The van der Waals surface area contributed by atoms with Gasteiger partial charge in [0, 0.05) is 12.1 Å². The average molecular weight is 268 g/mol. The number of aliphatic hydroxyl groups is 1. The number of anilines is 1. The number of hydrogen-bond donors (Lipinski definition) is 2. The summed E-state index contributed by atoms with van der Waals surface area (Å²) in [7, 11) is 0. The molecule has 0 saturated heterocycles. The van der Waals surface area contributed by atoms with Gasteiger partial charge in [0.1, 0.15) is 5.52 Å². The summed E-state index contributed by atoms with van der Waals surface area (Å²) in [6, 6.07) is 2.06. The molecule has 0 radical (unpaired) electrons. The van der Waals surface area contributed by atoms with Crippen LogP contribution in [-0.2, 0) is 0 Å². The van der Waals surface area contributed by atoms with Crippen LogP contribution in [0.15, 0.2) is 16.7 Å². The van der Waals surface area contributed by atoms with Gasteiger partial charge < -0.3 is 14.8 Å². The van der Waals surface area contributed by atoms with E-state index in [0.717, 1.165) is 25.7 Å². The summed E-state index contributed by atoms with van der Waals surface area (Å²) in [5.41, 5.74) is 1.33. The maximum Gasteiger partial charge on any atom is 0.225 e. The molecule has 1 fully saturated rings. The van der Waals surface area contributed by atoms with E-state index >= 15 is 0 Å². The molecule has 6 heteroatoms. The number of nitrogens with one attached hydrogen (secondary N) is 1. The van der Waals surface area contributed by atoms with Gasteiger partial charge in [0.05, 0.1) is 12.4 Å². The number of aliphatic hydroxyl groups excluding tert-OH is 1. The second-order valence-corrected chi connectivity index (χ2v) is 4.96. The molecule has 2 N–H and O–H groups in total.